The second kappa shape index (κ2) is 7.09. The molecule has 8 nitrogen and oxygen atoms in total. The molecule has 0 saturated heterocycles. The van der Waals surface area contributed by atoms with Gasteiger partial charge in [-0.05, 0) is 46.7 Å². The number of benzene rings is 3. The van der Waals surface area contributed by atoms with Crippen molar-refractivity contribution in [2.24, 2.45) is 5.92 Å². The van der Waals surface area contributed by atoms with E-state index in [4.69, 9.17) is 4.74 Å². The van der Waals surface area contributed by atoms with Crippen molar-refractivity contribution in [2.45, 2.75) is 18.4 Å². The van der Waals surface area contributed by atoms with Crippen LogP contribution in [0.3, 0.4) is 0 Å². The van der Waals surface area contributed by atoms with Crippen LogP contribution in [0.5, 0.6) is 5.75 Å². The van der Waals surface area contributed by atoms with Gasteiger partial charge in [0, 0.05) is 29.8 Å². The maximum Gasteiger partial charge on any atom is 0.311 e. The number of nitrogens with zero attached hydrogens (tertiary/aromatic N) is 2. The first-order valence-corrected chi connectivity index (χ1v) is 9.93. The summed E-state index contributed by atoms with van der Waals surface area (Å²) in [5.74, 6) is 0.255. The number of ether oxygens (including phenoxy) is 1. The molecule has 1 aliphatic carbocycles. The van der Waals surface area contributed by atoms with Crippen molar-refractivity contribution >= 4 is 17.1 Å². The Balaban J connectivity index is 1.66. The molecule has 8 heteroatoms. The Bertz CT molecular complexity index is 1230. The summed E-state index contributed by atoms with van der Waals surface area (Å²) in [6.45, 7) is 0. The van der Waals surface area contributed by atoms with E-state index in [1.807, 2.05) is 18.2 Å². The van der Waals surface area contributed by atoms with E-state index in [1.165, 1.54) is 18.7 Å². The molecule has 0 fully saturated rings. The average Bonchev–Trinajstić information content (AvgIpc) is 3.17. The van der Waals surface area contributed by atoms with Crippen molar-refractivity contribution in [1.29, 1.82) is 0 Å². The van der Waals surface area contributed by atoms with Crippen molar-refractivity contribution in [1.82, 2.24) is 0 Å². The molecule has 5 rings (SSSR count). The Morgan fingerprint density at radius 2 is 1.77 bits per heavy atom. The molecule has 3 atom stereocenters. The maximum absolute atomic E-state index is 11.6. The second-order valence-electron chi connectivity index (χ2n) is 7.88. The summed E-state index contributed by atoms with van der Waals surface area (Å²) in [5, 5.41) is 26.4. The number of nitro benzene ring substituents is 2. The molecule has 0 saturated carbocycles. The number of hydrogen-bond acceptors (Lipinski definition) is 6. The molecule has 0 radical (unpaired) electrons. The summed E-state index contributed by atoms with van der Waals surface area (Å²) in [7, 11) is 1.41. The Labute approximate surface area is 177 Å². The number of methoxy groups -OCH3 is 1. The lowest BCUT2D eigenvalue weighted by molar-refractivity contribution is -0.385. The van der Waals surface area contributed by atoms with Crippen LogP contribution in [0, 0.1) is 26.1 Å². The highest BCUT2D eigenvalue weighted by molar-refractivity contribution is 5.66. The fraction of sp³-hybridized carbons (Fsp3) is 0.217. The van der Waals surface area contributed by atoms with Crippen LogP contribution in [0.2, 0.25) is 0 Å². The van der Waals surface area contributed by atoms with Gasteiger partial charge in [0.15, 0.2) is 5.75 Å². The summed E-state index contributed by atoms with van der Waals surface area (Å²) in [6, 6.07) is 17.8. The van der Waals surface area contributed by atoms with Crippen LogP contribution in [-0.2, 0) is 6.42 Å². The number of hydrogen-bond donors (Lipinski definition) is 1. The van der Waals surface area contributed by atoms with E-state index in [1.54, 1.807) is 24.3 Å². The summed E-state index contributed by atoms with van der Waals surface area (Å²) in [6.07, 6.45) is 0.778. The van der Waals surface area contributed by atoms with Crippen LogP contribution in [0.1, 0.15) is 34.2 Å². The van der Waals surface area contributed by atoms with Crippen molar-refractivity contribution in [3.63, 3.8) is 0 Å². The van der Waals surface area contributed by atoms with E-state index >= 15 is 0 Å². The van der Waals surface area contributed by atoms with E-state index in [9.17, 15) is 20.2 Å². The van der Waals surface area contributed by atoms with E-state index in [-0.39, 0.29) is 39.9 Å². The lowest BCUT2D eigenvalue weighted by Gasteiger charge is -2.37. The van der Waals surface area contributed by atoms with Crippen LogP contribution in [0.25, 0.3) is 0 Å². The summed E-state index contributed by atoms with van der Waals surface area (Å²) in [4.78, 5) is 22.1. The summed E-state index contributed by atoms with van der Waals surface area (Å²) >= 11 is 0. The molecule has 0 unspecified atom stereocenters. The quantitative estimate of drug-likeness (QED) is 0.474. The van der Waals surface area contributed by atoms with Gasteiger partial charge in [0.1, 0.15) is 0 Å². The molecule has 1 heterocycles. The number of anilines is 1. The van der Waals surface area contributed by atoms with E-state index in [2.05, 4.69) is 17.4 Å². The van der Waals surface area contributed by atoms with Gasteiger partial charge in [0.25, 0.3) is 5.69 Å². The molecular weight excluding hydrogens is 398 g/mol. The molecule has 0 aromatic heterocycles. The maximum atomic E-state index is 11.6. The Hall–Kier alpha value is -3.94. The first-order chi connectivity index (χ1) is 15.0. The van der Waals surface area contributed by atoms with Crippen LogP contribution in [0.4, 0.5) is 17.1 Å². The van der Waals surface area contributed by atoms with Gasteiger partial charge in [-0.15, -0.1) is 0 Å². The molecule has 2 aliphatic rings. The Morgan fingerprint density at radius 1 is 0.968 bits per heavy atom. The predicted octanol–water partition coefficient (Wildman–Crippen LogP) is 4.98. The smallest absolute Gasteiger partial charge is 0.311 e. The van der Waals surface area contributed by atoms with E-state index in [0.717, 1.165) is 28.8 Å². The van der Waals surface area contributed by atoms with E-state index < -0.39 is 4.92 Å². The molecule has 31 heavy (non-hydrogen) atoms. The lowest BCUT2D eigenvalue weighted by Crippen LogP contribution is -2.30. The Morgan fingerprint density at radius 3 is 2.52 bits per heavy atom. The fourth-order valence-corrected chi connectivity index (χ4v) is 5.04. The predicted molar refractivity (Wildman–Crippen MR) is 115 cm³/mol. The average molecular weight is 417 g/mol. The largest absolute Gasteiger partial charge is 0.490 e. The third-order valence-corrected chi connectivity index (χ3v) is 6.35. The minimum Gasteiger partial charge on any atom is -0.490 e. The standard InChI is InChI=1S/C23H19N3O5/c1-31-21-9-6-14(11-20(21)26(29)30)23-18-10-13-4-2-3-5-16(13)22(18)17-12-15(25(27)28)7-8-19(17)24-23/h2-9,11-12,18,22-24H,10H2,1H3/t18-,22+,23-/m0/s1. The number of nitro groups is 2. The Kier molecular flexibility index (Phi) is 4.35. The molecule has 3 aromatic carbocycles. The number of fused-ring (bicyclic) bond motifs is 5. The monoisotopic (exact) mass is 417 g/mol. The highest BCUT2D eigenvalue weighted by atomic mass is 16.6. The molecule has 1 N–H and O–H groups in total. The summed E-state index contributed by atoms with van der Waals surface area (Å²) in [5.41, 5.74) is 4.83. The minimum atomic E-state index is -0.441. The second-order valence-corrected chi connectivity index (χ2v) is 7.88. The SMILES string of the molecule is COc1ccc([C@@H]2Nc3ccc([N+](=O)[O-])cc3[C@H]3c4ccccc4C[C@@H]32)cc1[N+](=O)[O-]. The number of nitrogens with one attached hydrogen (secondary N) is 1. The first kappa shape index (κ1) is 19.0. The number of rotatable bonds is 4. The van der Waals surface area contributed by atoms with Crippen LogP contribution in [-0.4, -0.2) is 17.0 Å². The number of non-ortho nitro benzene ring substituents is 1. The topological polar surface area (TPSA) is 108 Å². The van der Waals surface area contributed by atoms with Gasteiger partial charge >= 0.3 is 5.69 Å². The van der Waals surface area contributed by atoms with Gasteiger partial charge in [0.2, 0.25) is 0 Å². The lowest BCUT2D eigenvalue weighted by atomic mass is 9.75. The first-order valence-electron chi connectivity index (χ1n) is 9.93. The van der Waals surface area contributed by atoms with Gasteiger partial charge in [-0.2, -0.15) is 0 Å². The zero-order chi connectivity index (χ0) is 21.7. The molecule has 0 bridgehead atoms. The molecule has 1 aliphatic heterocycles. The third kappa shape index (κ3) is 2.99. The van der Waals surface area contributed by atoms with Gasteiger partial charge < -0.3 is 10.1 Å². The molecule has 3 aromatic rings. The zero-order valence-electron chi connectivity index (χ0n) is 16.6. The van der Waals surface area contributed by atoms with Crippen molar-refractivity contribution in [2.75, 3.05) is 12.4 Å². The molecular formula is C23H19N3O5. The van der Waals surface area contributed by atoms with Crippen molar-refractivity contribution in [3.8, 4) is 5.75 Å². The van der Waals surface area contributed by atoms with Gasteiger partial charge in [-0.3, -0.25) is 20.2 Å². The normalized spacial score (nSPS) is 20.7. The third-order valence-electron chi connectivity index (χ3n) is 6.35. The van der Waals surface area contributed by atoms with Crippen molar-refractivity contribution < 1.29 is 14.6 Å². The molecule has 156 valence electrons. The van der Waals surface area contributed by atoms with Crippen LogP contribution in [0.15, 0.2) is 60.7 Å². The fourth-order valence-electron chi connectivity index (χ4n) is 5.04. The van der Waals surface area contributed by atoms with Gasteiger partial charge in [-0.1, -0.05) is 30.3 Å². The molecule has 0 spiro atoms. The van der Waals surface area contributed by atoms with Gasteiger partial charge in [0.05, 0.1) is 23.0 Å². The highest BCUT2D eigenvalue weighted by Crippen LogP contribution is 2.54. The van der Waals surface area contributed by atoms with Gasteiger partial charge in [-0.25, -0.2) is 0 Å². The van der Waals surface area contributed by atoms with Crippen LogP contribution >= 0.6 is 0 Å². The zero-order valence-corrected chi connectivity index (χ0v) is 16.6. The highest BCUT2D eigenvalue weighted by Gasteiger charge is 2.44. The van der Waals surface area contributed by atoms with E-state index in [0.29, 0.717) is 0 Å². The van der Waals surface area contributed by atoms with Crippen LogP contribution < -0.4 is 10.1 Å². The minimum absolute atomic E-state index is 0.0292. The summed E-state index contributed by atoms with van der Waals surface area (Å²) < 4.78 is 5.15. The van der Waals surface area contributed by atoms with Crippen molar-refractivity contribution in [3.05, 3.63) is 103 Å². The molecule has 0 amide bonds.